The Morgan fingerprint density at radius 2 is 1.51 bits per heavy atom. The number of anilines is 2. The number of nitrogens with one attached hydrogen (secondary N) is 2. The first kappa shape index (κ1) is 33.3. The first-order valence-corrected chi connectivity index (χ1v) is 14.2. The molecular weight excluding hydrogens is 570 g/mol. The van der Waals surface area contributed by atoms with Crippen molar-refractivity contribution in [3.63, 3.8) is 0 Å². The summed E-state index contributed by atoms with van der Waals surface area (Å²) in [7, 11) is 4.65. The van der Waals surface area contributed by atoms with Crippen LogP contribution in [0.2, 0.25) is 0 Å². The Morgan fingerprint density at radius 3 is 2.07 bits per heavy atom. The molecule has 0 bridgehead atoms. The van der Waals surface area contributed by atoms with Crippen LogP contribution in [0.15, 0.2) is 66.7 Å². The Kier molecular flexibility index (Phi) is 12.3. The minimum Gasteiger partial charge on any atom is -0.493 e. The van der Waals surface area contributed by atoms with Gasteiger partial charge in [-0.05, 0) is 69.2 Å². The Balaban J connectivity index is 1.58. The molecule has 3 N–H and O–H groups in total. The molecule has 1 atom stereocenters. The molecule has 0 aliphatic rings. The van der Waals surface area contributed by atoms with Crippen LogP contribution in [-0.2, 0) is 11.2 Å². The summed E-state index contributed by atoms with van der Waals surface area (Å²) >= 11 is 5.49. The number of hydrogen-bond donors (Lipinski definition) is 3. The van der Waals surface area contributed by atoms with Crippen LogP contribution >= 0.6 is 12.2 Å². The van der Waals surface area contributed by atoms with E-state index in [0.717, 1.165) is 11.3 Å². The van der Waals surface area contributed by atoms with Crippen LogP contribution in [0, 0.1) is 0 Å². The van der Waals surface area contributed by atoms with Gasteiger partial charge in [0.25, 0.3) is 0 Å². The number of amides is 1. The van der Waals surface area contributed by atoms with Gasteiger partial charge < -0.3 is 44.3 Å². The number of ether oxygens (including phenoxy) is 5. The van der Waals surface area contributed by atoms with E-state index < -0.39 is 17.8 Å². The van der Waals surface area contributed by atoms with Crippen LogP contribution in [0.25, 0.3) is 0 Å². The van der Waals surface area contributed by atoms with Gasteiger partial charge in [-0.1, -0.05) is 30.3 Å². The molecule has 10 nitrogen and oxygen atoms in total. The highest BCUT2D eigenvalue weighted by Crippen LogP contribution is 2.40. The standard InChI is InChI=1S/C32H41N3O7S/c1-32(2,3)42-31(37)35(20-25(36)21-41-26-10-8-7-9-11-26)17-16-22-12-14-23(15-13-22)33-30(43)34-24-18-27(38-4)29(40-6)28(19-24)39-5/h7-15,18-19,25,36H,16-17,20-21H2,1-6H3,(H2,33,34,43)/t25-/m0/s1. The molecule has 1 amide bonds. The van der Waals surface area contributed by atoms with Crippen molar-refractivity contribution in [3.8, 4) is 23.0 Å². The first-order chi connectivity index (χ1) is 20.5. The summed E-state index contributed by atoms with van der Waals surface area (Å²) in [5.74, 6) is 2.16. The number of aliphatic hydroxyl groups is 1. The van der Waals surface area contributed by atoms with E-state index in [-0.39, 0.29) is 13.2 Å². The second-order valence-electron chi connectivity index (χ2n) is 10.6. The summed E-state index contributed by atoms with van der Waals surface area (Å²) in [6.45, 7) is 5.90. The van der Waals surface area contributed by atoms with Gasteiger partial charge in [-0.15, -0.1) is 0 Å². The lowest BCUT2D eigenvalue weighted by atomic mass is 10.1. The van der Waals surface area contributed by atoms with Crippen LogP contribution in [0.1, 0.15) is 26.3 Å². The molecule has 3 rings (SSSR count). The number of nitrogens with zero attached hydrogens (tertiary/aromatic N) is 1. The highest BCUT2D eigenvalue weighted by atomic mass is 32.1. The molecular formula is C32H41N3O7S. The third-order valence-corrected chi connectivity index (χ3v) is 6.28. The number of methoxy groups -OCH3 is 3. The number of benzene rings is 3. The van der Waals surface area contributed by atoms with E-state index >= 15 is 0 Å². The fourth-order valence-corrected chi connectivity index (χ4v) is 4.30. The Morgan fingerprint density at radius 1 is 0.907 bits per heavy atom. The Hall–Kier alpha value is -4.22. The normalized spacial score (nSPS) is 11.6. The number of para-hydroxylation sites is 1. The van der Waals surface area contributed by atoms with E-state index in [9.17, 15) is 9.90 Å². The van der Waals surface area contributed by atoms with Crippen LogP contribution in [0.4, 0.5) is 16.2 Å². The Bertz CT molecular complexity index is 1310. The van der Waals surface area contributed by atoms with Gasteiger partial charge in [0, 0.05) is 30.1 Å². The van der Waals surface area contributed by atoms with Crippen molar-refractivity contribution >= 4 is 34.8 Å². The van der Waals surface area contributed by atoms with Gasteiger partial charge >= 0.3 is 6.09 Å². The maximum absolute atomic E-state index is 12.9. The molecule has 0 unspecified atom stereocenters. The average molecular weight is 612 g/mol. The summed E-state index contributed by atoms with van der Waals surface area (Å²) < 4.78 is 27.4. The molecule has 0 saturated heterocycles. The predicted octanol–water partition coefficient (Wildman–Crippen LogP) is 5.74. The molecule has 0 heterocycles. The molecule has 43 heavy (non-hydrogen) atoms. The molecule has 0 fully saturated rings. The quantitative estimate of drug-likeness (QED) is 0.207. The molecule has 0 spiro atoms. The first-order valence-electron chi connectivity index (χ1n) is 13.8. The van der Waals surface area contributed by atoms with Gasteiger partial charge in [0.05, 0.1) is 27.9 Å². The fourth-order valence-electron chi connectivity index (χ4n) is 4.07. The van der Waals surface area contributed by atoms with E-state index in [1.165, 1.54) is 4.90 Å². The van der Waals surface area contributed by atoms with Crippen molar-refractivity contribution in [2.75, 3.05) is 51.7 Å². The van der Waals surface area contributed by atoms with Crippen molar-refractivity contribution in [1.82, 2.24) is 4.90 Å². The lowest BCUT2D eigenvalue weighted by molar-refractivity contribution is 0.00944. The lowest BCUT2D eigenvalue weighted by Gasteiger charge is -2.29. The zero-order valence-corrected chi connectivity index (χ0v) is 26.3. The molecule has 0 saturated carbocycles. The molecule has 11 heteroatoms. The van der Waals surface area contributed by atoms with Gasteiger partial charge in [-0.3, -0.25) is 0 Å². The van der Waals surface area contributed by atoms with Crippen molar-refractivity contribution in [1.29, 1.82) is 0 Å². The topological polar surface area (TPSA) is 111 Å². The summed E-state index contributed by atoms with van der Waals surface area (Å²) in [6, 6.07) is 20.5. The zero-order chi connectivity index (χ0) is 31.4. The third-order valence-electron chi connectivity index (χ3n) is 6.07. The van der Waals surface area contributed by atoms with Crippen LogP contribution in [-0.4, -0.2) is 73.9 Å². The average Bonchev–Trinajstić information content (AvgIpc) is 2.97. The molecule has 3 aromatic carbocycles. The maximum atomic E-state index is 12.9. The van der Waals surface area contributed by atoms with Crippen molar-refractivity contribution in [2.24, 2.45) is 0 Å². The largest absolute Gasteiger partial charge is 0.493 e. The van der Waals surface area contributed by atoms with Crippen molar-refractivity contribution in [2.45, 2.75) is 38.9 Å². The van der Waals surface area contributed by atoms with Gasteiger partial charge in [0.15, 0.2) is 16.6 Å². The third kappa shape index (κ3) is 10.8. The van der Waals surface area contributed by atoms with E-state index in [0.29, 0.717) is 46.8 Å². The molecule has 232 valence electrons. The number of carbonyl (C=O) groups excluding carboxylic acids is 1. The number of aliphatic hydroxyl groups excluding tert-OH is 1. The van der Waals surface area contributed by atoms with Gasteiger partial charge in [-0.25, -0.2) is 4.79 Å². The number of carbonyl (C=O) groups is 1. The number of hydrogen-bond acceptors (Lipinski definition) is 8. The predicted molar refractivity (Wildman–Crippen MR) is 172 cm³/mol. The monoisotopic (exact) mass is 611 g/mol. The zero-order valence-electron chi connectivity index (χ0n) is 25.5. The second-order valence-corrected chi connectivity index (χ2v) is 11.1. The van der Waals surface area contributed by atoms with E-state index in [2.05, 4.69) is 10.6 Å². The van der Waals surface area contributed by atoms with Gasteiger partial charge in [0.2, 0.25) is 5.75 Å². The van der Waals surface area contributed by atoms with E-state index in [1.807, 2.05) is 75.4 Å². The van der Waals surface area contributed by atoms with Crippen molar-refractivity contribution in [3.05, 3.63) is 72.3 Å². The minimum absolute atomic E-state index is 0.0493. The van der Waals surface area contributed by atoms with Crippen LogP contribution in [0.3, 0.4) is 0 Å². The molecule has 3 aromatic rings. The highest BCUT2D eigenvalue weighted by Gasteiger charge is 2.24. The summed E-state index contributed by atoms with van der Waals surface area (Å²) in [4.78, 5) is 14.4. The van der Waals surface area contributed by atoms with Crippen LogP contribution in [0.5, 0.6) is 23.0 Å². The number of thiocarbonyl (C=S) groups is 1. The highest BCUT2D eigenvalue weighted by molar-refractivity contribution is 7.80. The molecule has 0 aliphatic carbocycles. The molecule has 0 aromatic heterocycles. The van der Waals surface area contributed by atoms with Gasteiger partial charge in [-0.2, -0.15) is 0 Å². The lowest BCUT2D eigenvalue weighted by Crippen LogP contribution is -2.43. The minimum atomic E-state index is -0.890. The summed E-state index contributed by atoms with van der Waals surface area (Å²) in [5.41, 5.74) is 1.79. The SMILES string of the molecule is COc1cc(NC(=S)Nc2ccc(CCN(C[C@H](O)COc3ccccc3)C(=O)OC(C)(C)C)cc2)cc(OC)c1OC. The maximum Gasteiger partial charge on any atom is 0.410 e. The summed E-state index contributed by atoms with van der Waals surface area (Å²) in [6.07, 6.45) is -0.828. The summed E-state index contributed by atoms with van der Waals surface area (Å²) in [5, 5.41) is 17.3. The van der Waals surface area contributed by atoms with Gasteiger partial charge in [0.1, 0.15) is 24.1 Å². The smallest absolute Gasteiger partial charge is 0.410 e. The second kappa shape index (κ2) is 15.9. The van der Waals surface area contributed by atoms with E-state index in [4.69, 9.17) is 35.9 Å². The fraction of sp³-hybridized carbons (Fsp3) is 0.375. The molecule has 0 aliphatic heterocycles. The Labute approximate surface area is 258 Å². The van der Waals surface area contributed by atoms with Crippen molar-refractivity contribution < 1.29 is 33.6 Å². The van der Waals surface area contributed by atoms with Crippen LogP contribution < -0.4 is 29.6 Å². The molecule has 0 radical (unpaired) electrons. The number of rotatable bonds is 13. The van der Waals surface area contributed by atoms with E-state index in [1.54, 1.807) is 33.5 Å².